The third kappa shape index (κ3) is 1.47. The second-order valence-corrected chi connectivity index (χ2v) is 3.83. The SMILES string of the molecule is CC(C)C1C(=O)NC(=O)N1I. The molecule has 1 aliphatic heterocycles. The largest absolute Gasteiger partial charge is 0.333 e. The highest BCUT2D eigenvalue weighted by Gasteiger charge is 2.38. The Morgan fingerprint density at radius 3 is 2.27 bits per heavy atom. The molecule has 62 valence electrons. The zero-order chi connectivity index (χ0) is 8.59. The summed E-state index contributed by atoms with van der Waals surface area (Å²) in [5, 5.41) is 2.24. The van der Waals surface area contributed by atoms with Crippen molar-refractivity contribution < 1.29 is 9.59 Å². The number of hydrogen-bond donors (Lipinski definition) is 1. The van der Waals surface area contributed by atoms with Crippen molar-refractivity contribution in [1.82, 2.24) is 8.43 Å². The molecule has 0 saturated carbocycles. The van der Waals surface area contributed by atoms with Gasteiger partial charge in [0, 0.05) is 0 Å². The van der Waals surface area contributed by atoms with Crippen LogP contribution in [-0.2, 0) is 4.79 Å². The molecule has 1 unspecified atom stereocenters. The maximum absolute atomic E-state index is 11.1. The van der Waals surface area contributed by atoms with Crippen LogP contribution in [0.3, 0.4) is 0 Å². The summed E-state index contributed by atoms with van der Waals surface area (Å²) in [7, 11) is 0. The van der Waals surface area contributed by atoms with E-state index in [4.69, 9.17) is 0 Å². The van der Waals surface area contributed by atoms with Gasteiger partial charge >= 0.3 is 6.03 Å². The van der Waals surface area contributed by atoms with Gasteiger partial charge in [-0.15, -0.1) is 0 Å². The summed E-state index contributed by atoms with van der Waals surface area (Å²) in [4.78, 5) is 21.9. The molecule has 1 N–H and O–H groups in total. The van der Waals surface area contributed by atoms with Crippen LogP contribution in [0.15, 0.2) is 0 Å². The maximum atomic E-state index is 11.1. The van der Waals surface area contributed by atoms with E-state index < -0.39 is 0 Å². The number of hydrogen-bond acceptors (Lipinski definition) is 2. The number of nitrogens with zero attached hydrogens (tertiary/aromatic N) is 1. The van der Waals surface area contributed by atoms with Crippen LogP contribution >= 0.6 is 22.9 Å². The Morgan fingerprint density at radius 2 is 2.09 bits per heavy atom. The number of carbonyl (C=O) groups is 2. The van der Waals surface area contributed by atoms with Crippen molar-refractivity contribution in [3.05, 3.63) is 0 Å². The van der Waals surface area contributed by atoms with E-state index in [1.165, 1.54) is 3.11 Å². The molecule has 0 aromatic rings. The molecule has 1 aliphatic rings. The first-order valence-electron chi connectivity index (χ1n) is 3.34. The minimum atomic E-state index is -0.311. The first kappa shape index (κ1) is 8.76. The van der Waals surface area contributed by atoms with Crippen LogP contribution in [0.25, 0.3) is 0 Å². The summed E-state index contributed by atoms with van der Waals surface area (Å²) in [6, 6.07) is -0.614. The zero-order valence-corrected chi connectivity index (χ0v) is 8.45. The predicted octanol–water partition coefficient (Wildman–Crippen LogP) is 0.913. The number of amides is 3. The molecule has 1 fully saturated rings. The lowest BCUT2D eigenvalue weighted by Gasteiger charge is -2.16. The molecule has 0 aromatic carbocycles. The third-order valence-corrected chi connectivity index (χ3v) is 2.61. The van der Waals surface area contributed by atoms with Crippen molar-refractivity contribution in [2.24, 2.45) is 5.92 Å². The summed E-state index contributed by atoms with van der Waals surface area (Å²) in [6.07, 6.45) is 0. The number of rotatable bonds is 1. The molecule has 3 amide bonds. The molecule has 0 aliphatic carbocycles. The summed E-state index contributed by atoms with van der Waals surface area (Å²) < 4.78 is 1.41. The van der Waals surface area contributed by atoms with E-state index in [0.717, 1.165) is 0 Å². The predicted molar refractivity (Wildman–Crippen MR) is 48.0 cm³/mol. The van der Waals surface area contributed by atoms with Crippen molar-refractivity contribution in [3.63, 3.8) is 0 Å². The number of urea groups is 1. The Labute approximate surface area is 78.8 Å². The van der Waals surface area contributed by atoms with Gasteiger partial charge in [-0.2, -0.15) is 0 Å². The summed E-state index contributed by atoms with van der Waals surface area (Å²) in [5.74, 6) is -0.0299. The molecular weight excluding hydrogens is 259 g/mol. The van der Waals surface area contributed by atoms with Crippen molar-refractivity contribution >= 4 is 34.8 Å². The van der Waals surface area contributed by atoms with Crippen LogP contribution in [-0.4, -0.2) is 21.1 Å². The topological polar surface area (TPSA) is 49.4 Å². The van der Waals surface area contributed by atoms with Gasteiger partial charge in [0.15, 0.2) is 0 Å². The molecule has 1 atom stereocenters. The second-order valence-electron chi connectivity index (χ2n) is 2.79. The summed E-state index contributed by atoms with van der Waals surface area (Å²) in [5.41, 5.74) is 0. The Morgan fingerprint density at radius 1 is 1.55 bits per heavy atom. The van der Waals surface area contributed by atoms with Gasteiger partial charge in [-0.1, -0.05) is 13.8 Å². The van der Waals surface area contributed by atoms with Crippen LogP contribution in [0.1, 0.15) is 13.8 Å². The van der Waals surface area contributed by atoms with Crippen molar-refractivity contribution in [3.8, 4) is 0 Å². The first-order valence-corrected chi connectivity index (χ1v) is 4.30. The highest BCUT2D eigenvalue weighted by molar-refractivity contribution is 14.1. The molecule has 1 rings (SSSR count). The Balaban J connectivity index is 2.79. The van der Waals surface area contributed by atoms with Crippen LogP contribution < -0.4 is 5.32 Å². The number of carbonyl (C=O) groups excluding carboxylic acids is 2. The van der Waals surface area contributed by atoms with Crippen LogP contribution in [0, 0.1) is 5.92 Å². The van der Waals surface area contributed by atoms with Crippen molar-refractivity contribution in [2.75, 3.05) is 0 Å². The average Bonchev–Trinajstić information content (AvgIpc) is 2.07. The molecule has 0 radical (unpaired) electrons. The molecule has 1 heterocycles. The van der Waals surface area contributed by atoms with Gasteiger partial charge in [-0.05, 0) is 5.92 Å². The van der Waals surface area contributed by atoms with Crippen molar-refractivity contribution in [1.29, 1.82) is 0 Å². The van der Waals surface area contributed by atoms with Crippen molar-refractivity contribution in [2.45, 2.75) is 19.9 Å². The van der Waals surface area contributed by atoms with E-state index in [-0.39, 0.29) is 23.9 Å². The minimum absolute atomic E-state index is 0.165. The lowest BCUT2D eigenvalue weighted by atomic mass is 10.1. The van der Waals surface area contributed by atoms with E-state index in [1.54, 1.807) is 0 Å². The highest BCUT2D eigenvalue weighted by atomic mass is 127. The fourth-order valence-corrected chi connectivity index (χ4v) is 2.04. The molecule has 1 saturated heterocycles. The van der Waals surface area contributed by atoms with E-state index in [9.17, 15) is 9.59 Å². The lowest BCUT2D eigenvalue weighted by molar-refractivity contribution is -0.121. The van der Waals surface area contributed by atoms with Gasteiger partial charge < -0.3 is 0 Å². The maximum Gasteiger partial charge on any atom is 0.333 e. The van der Waals surface area contributed by atoms with Gasteiger partial charge in [-0.25, -0.2) is 4.79 Å². The van der Waals surface area contributed by atoms with Crippen LogP contribution in [0.5, 0.6) is 0 Å². The molecule has 5 heteroatoms. The quantitative estimate of drug-likeness (QED) is 0.436. The number of halogens is 1. The highest BCUT2D eigenvalue weighted by Crippen LogP contribution is 2.20. The molecule has 11 heavy (non-hydrogen) atoms. The van der Waals surface area contributed by atoms with Gasteiger partial charge in [0.05, 0.1) is 22.9 Å². The molecule has 0 bridgehead atoms. The zero-order valence-electron chi connectivity index (χ0n) is 6.30. The first-order chi connectivity index (χ1) is 5.04. The standard InChI is InChI=1S/C6H9IN2O2/c1-3(2)4-5(10)8-6(11)9(4)7/h3-4H,1-2H3,(H,8,10,11). The molecule has 4 nitrogen and oxygen atoms in total. The van der Waals surface area contributed by atoms with Gasteiger partial charge in [0.25, 0.3) is 5.91 Å². The monoisotopic (exact) mass is 268 g/mol. The normalized spacial score (nSPS) is 24.7. The Bertz CT molecular complexity index is 205. The van der Waals surface area contributed by atoms with Crippen LogP contribution in [0.4, 0.5) is 4.79 Å². The van der Waals surface area contributed by atoms with E-state index in [2.05, 4.69) is 5.32 Å². The fraction of sp³-hybridized carbons (Fsp3) is 0.667. The molecule has 0 spiro atoms. The average molecular weight is 268 g/mol. The van der Waals surface area contributed by atoms with E-state index >= 15 is 0 Å². The smallest absolute Gasteiger partial charge is 0.275 e. The van der Waals surface area contributed by atoms with Gasteiger partial charge in [0.2, 0.25) is 0 Å². The van der Waals surface area contributed by atoms with Crippen LogP contribution in [0.2, 0.25) is 0 Å². The lowest BCUT2D eigenvalue weighted by Crippen LogP contribution is -2.32. The molecular formula is C6H9IN2O2. The summed E-state index contributed by atoms with van der Waals surface area (Å²) in [6.45, 7) is 3.82. The number of nitrogens with one attached hydrogen (secondary N) is 1. The van der Waals surface area contributed by atoms with Gasteiger partial charge in [-0.3, -0.25) is 13.2 Å². The van der Waals surface area contributed by atoms with E-state index in [1.807, 2.05) is 36.7 Å². The summed E-state index contributed by atoms with van der Waals surface area (Å²) >= 11 is 1.85. The Kier molecular flexibility index (Phi) is 2.36. The second kappa shape index (κ2) is 2.96. The minimum Gasteiger partial charge on any atom is -0.275 e. The fourth-order valence-electron chi connectivity index (χ4n) is 1.03. The molecule has 0 aromatic heterocycles. The van der Waals surface area contributed by atoms with E-state index in [0.29, 0.717) is 0 Å². The number of imide groups is 1. The third-order valence-electron chi connectivity index (χ3n) is 1.57. The Hall–Kier alpha value is -0.330. The van der Waals surface area contributed by atoms with Gasteiger partial charge in [0.1, 0.15) is 6.04 Å².